The number of carbonyl (C=O) groups excluding carboxylic acids is 2. The number of nitrogens with zero attached hydrogens (tertiary/aromatic N) is 3. The number of amides is 2. The van der Waals surface area contributed by atoms with Gasteiger partial charge in [0.1, 0.15) is 11.9 Å². The van der Waals surface area contributed by atoms with Crippen molar-refractivity contribution in [2.45, 2.75) is 51.6 Å². The minimum absolute atomic E-state index is 0.107. The number of carbonyl (C=O) groups is 2. The van der Waals surface area contributed by atoms with Gasteiger partial charge in [0.15, 0.2) is 0 Å². The molecule has 8 nitrogen and oxygen atoms in total. The van der Waals surface area contributed by atoms with E-state index in [-0.39, 0.29) is 25.4 Å². The van der Waals surface area contributed by atoms with Crippen molar-refractivity contribution in [2.24, 2.45) is 0 Å². The lowest BCUT2D eigenvalue weighted by Gasteiger charge is -2.29. The molecule has 0 aromatic heterocycles. The van der Waals surface area contributed by atoms with E-state index in [0.29, 0.717) is 42.7 Å². The molecule has 1 aromatic carbocycles. The fourth-order valence-corrected chi connectivity index (χ4v) is 3.86. The largest absolute Gasteiger partial charge is 0.442 e. The van der Waals surface area contributed by atoms with Crippen molar-refractivity contribution in [3.8, 4) is 0 Å². The van der Waals surface area contributed by atoms with Gasteiger partial charge < -0.3 is 14.4 Å². The molecule has 1 N–H and O–H groups in total. The summed E-state index contributed by atoms with van der Waals surface area (Å²) in [4.78, 5) is 27.6. The lowest BCUT2D eigenvalue weighted by atomic mass is 10.1. The van der Waals surface area contributed by atoms with Crippen LogP contribution in [0.2, 0.25) is 0 Å². The van der Waals surface area contributed by atoms with E-state index in [0.717, 1.165) is 32.1 Å². The number of hydrogen-bond donors (Lipinski definition) is 1. The van der Waals surface area contributed by atoms with Crippen molar-refractivity contribution in [3.05, 3.63) is 24.0 Å². The second-order valence-electron chi connectivity index (χ2n) is 7.99. The monoisotopic (exact) mass is 437 g/mol. The summed E-state index contributed by atoms with van der Waals surface area (Å²) in [5.41, 5.74) is 0.857. The summed E-state index contributed by atoms with van der Waals surface area (Å²) in [6.45, 7) is 4.49. The highest BCUT2D eigenvalue weighted by Gasteiger charge is 2.34. The Bertz CT molecular complexity index is 757. The van der Waals surface area contributed by atoms with Crippen LogP contribution in [0.4, 0.5) is 20.6 Å². The topological polar surface area (TPSA) is 82.6 Å². The Morgan fingerprint density at radius 2 is 1.97 bits per heavy atom. The second-order valence-corrected chi connectivity index (χ2v) is 7.99. The second kappa shape index (κ2) is 11.3. The fraction of sp³-hybridized carbons (Fsp3) is 0.636. The van der Waals surface area contributed by atoms with Gasteiger partial charge in [0.25, 0.3) is 0 Å². The van der Waals surface area contributed by atoms with Gasteiger partial charge >= 0.3 is 6.09 Å². The zero-order chi connectivity index (χ0) is 22.2. The highest BCUT2D eigenvalue weighted by atomic mass is 19.1. The van der Waals surface area contributed by atoms with Crippen LogP contribution in [0.3, 0.4) is 0 Å². The maximum Gasteiger partial charge on any atom is 0.414 e. The maximum atomic E-state index is 14.7. The number of cyclic esters (lactones) is 1. The number of hydrogen-bond acceptors (Lipinski definition) is 6. The Morgan fingerprint density at radius 3 is 2.68 bits per heavy atom. The maximum absolute atomic E-state index is 14.7. The molecule has 1 aromatic rings. The number of hydroxylamine groups is 2. The molecular formula is C22H32FN3O5. The third-order valence-corrected chi connectivity index (χ3v) is 5.63. The number of morpholine rings is 1. The summed E-state index contributed by atoms with van der Waals surface area (Å²) in [6, 6.07) is 4.64. The van der Waals surface area contributed by atoms with Crippen molar-refractivity contribution in [1.82, 2.24) is 5.06 Å². The first kappa shape index (κ1) is 23.3. The lowest BCUT2D eigenvalue weighted by Crippen LogP contribution is -2.37. The van der Waals surface area contributed by atoms with E-state index >= 15 is 0 Å². The zero-order valence-corrected chi connectivity index (χ0v) is 18.1. The molecule has 0 spiro atoms. The molecule has 2 fully saturated rings. The summed E-state index contributed by atoms with van der Waals surface area (Å²) in [7, 11) is 0. The summed E-state index contributed by atoms with van der Waals surface area (Å²) in [6.07, 6.45) is 3.98. The molecule has 172 valence electrons. The van der Waals surface area contributed by atoms with Crippen molar-refractivity contribution in [1.29, 1.82) is 0 Å². The number of rotatable bonds is 10. The molecule has 2 amide bonds. The molecule has 2 heterocycles. The molecule has 1 unspecified atom stereocenters. The third kappa shape index (κ3) is 6.30. The van der Waals surface area contributed by atoms with E-state index in [9.17, 15) is 19.2 Å². The summed E-state index contributed by atoms with van der Waals surface area (Å²) in [5, 5.41) is 10.7. The van der Waals surface area contributed by atoms with E-state index in [1.54, 1.807) is 12.1 Å². The van der Waals surface area contributed by atoms with Crippen molar-refractivity contribution < 1.29 is 28.7 Å². The van der Waals surface area contributed by atoms with Crippen molar-refractivity contribution in [3.63, 3.8) is 0 Å². The molecule has 1 atom stereocenters. The minimum atomic E-state index is -0.677. The first-order chi connectivity index (χ1) is 15.0. The first-order valence-corrected chi connectivity index (χ1v) is 11.1. The van der Waals surface area contributed by atoms with E-state index < -0.39 is 18.0 Å². The SMILES string of the molecule is CCCCCCCC(=O)N(O)CC1CN(c2ccc(N3CCOCC3)c(F)c2)C(=O)O1. The van der Waals surface area contributed by atoms with Gasteiger partial charge in [-0.3, -0.25) is 14.9 Å². The first-order valence-electron chi connectivity index (χ1n) is 11.1. The van der Waals surface area contributed by atoms with Gasteiger partial charge in [-0.15, -0.1) is 0 Å². The molecule has 2 saturated heterocycles. The summed E-state index contributed by atoms with van der Waals surface area (Å²) >= 11 is 0. The molecule has 0 radical (unpaired) electrons. The van der Waals surface area contributed by atoms with Crippen LogP contribution in [0.25, 0.3) is 0 Å². The molecule has 2 aliphatic heterocycles. The average molecular weight is 438 g/mol. The van der Waals surface area contributed by atoms with Crippen molar-refractivity contribution in [2.75, 3.05) is 49.2 Å². The Labute approximate surface area is 182 Å². The highest BCUT2D eigenvalue weighted by molar-refractivity contribution is 5.90. The minimum Gasteiger partial charge on any atom is -0.442 e. The Balaban J connectivity index is 1.51. The predicted octanol–water partition coefficient (Wildman–Crippen LogP) is 3.57. The van der Waals surface area contributed by atoms with Crippen LogP contribution in [-0.2, 0) is 14.3 Å². The van der Waals surface area contributed by atoms with Gasteiger partial charge in [-0.2, -0.15) is 0 Å². The number of ether oxygens (including phenoxy) is 2. The molecule has 0 bridgehead atoms. The van der Waals surface area contributed by atoms with Crippen LogP contribution in [0.15, 0.2) is 18.2 Å². The predicted molar refractivity (Wildman–Crippen MR) is 114 cm³/mol. The quantitative estimate of drug-likeness (QED) is 0.342. The summed E-state index contributed by atoms with van der Waals surface area (Å²) < 4.78 is 25.2. The van der Waals surface area contributed by atoms with E-state index in [4.69, 9.17) is 9.47 Å². The van der Waals surface area contributed by atoms with Gasteiger partial charge in [0, 0.05) is 19.5 Å². The van der Waals surface area contributed by atoms with Crippen LogP contribution in [0, 0.1) is 5.82 Å². The van der Waals surface area contributed by atoms with Gasteiger partial charge in [-0.1, -0.05) is 32.6 Å². The molecule has 3 rings (SSSR count). The van der Waals surface area contributed by atoms with Gasteiger partial charge in [-0.25, -0.2) is 14.2 Å². The fourth-order valence-electron chi connectivity index (χ4n) is 3.86. The lowest BCUT2D eigenvalue weighted by molar-refractivity contribution is -0.169. The van der Waals surface area contributed by atoms with Crippen molar-refractivity contribution >= 4 is 23.4 Å². The third-order valence-electron chi connectivity index (χ3n) is 5.63. The molecule has 2 aliphatic rings. The van der Waals surface area contributed by atoms with E-state index in [1.165, 1.54) is 11.0 Å². The number of unbranched alkanes of at least 4 members (excludes halogenated alkanes) is 4. The number of halogens is 1. The molecule has 0 saturated carbocycles. The average Bonchev–Trinajstić information content (AvgIpc) is 3.13. The van der Waals surface area contributed by atoms with Gasteiger partial charge in [0.2, 0.25) is 5.91 Å². The van der Waals surface area contributed by atoms with Gasteiger partial charge in [-0.05, 0) is 24.6 Å². The van der Waals surface area contributed by atoms with Gasteiger partial charge in [0.05, 0.1) is 37.7 Å². The van der Waals surface area contributed by atoms with Crippen LogP contribution in [-0.4, -0.2) is 67.8 Å². The Morgan fingerprint density at radius 1 is 1.23 bits per heavy atom. The normalized spacial score (nSPS) is 18.9. The Kier molecular flexibility index (Phi) is 8.48. The molecular weight excluding hydrogens is 405 g/mol. The standard InChI is InChI=1S/C22H32FN3O5/c1-2-3-4-5-6-7-21(27)26(29)16-18-15-25(22(28)31-18)17-8-9-20(19(23)14-17)24-10-12-30-13-11-24/h8-9,14,18,29H,2-7,10-13,15-16H2,1H3. The van der Waals surface area contributed by atoms with Crippen LogP contribution in [0.1, 0.15) is 45.4 Å². The van der Waals surface area contributed by atoms with Crippen LogP contribution in [0.5, 0.6) is 0 Å². The zero-order valence-electron chi connectivity index (χ0n) is 18.1. The number of anilines is 2. The smallest absolute Gasteiger partial charge is 0.414 e. The molecule has 31 heavy (non-hydrogen) atoms. The Hall–Kier alpha value is -2.39. The highest BCUT2D eigenvalue weighted by Crippen LogP contribution is 2.28. The van der Waals surface area contributed by atoms with Crippen LogP contribution < -0.4 is 9.80 Å². The number of benzene rings is 1. The summed E-state index contributed by atoms with van der Waals surface area (Å²) in [5.74, 6) is -0.801. The van der Waals surface area contributed by atoms with E-state index in [2.05, 4.69) is 6.92 Å². The van der Waals surface area contributed by atoms with Crippen LogP contribution >= 0.6 is 0 Å². The van der Waals surface area contributed by atoms with E-state index in [1.807, 2.05) is 4.90 Å². The molecule has 9 heteroatoms. The molecule has 0 aliphatic carbocycles.